The lowest BCUT2D eigenvalue weighted by molar-refractivity contribution is 0.0690. The van der Waals surface area contributed by atoms with E-state index in [1.807, 2.05) is 0 Å². The fraction of sp³-hybridized carbons (Fsp3) is 0.333. The second kappa shape index (κ2) is 6.17. The Bertz CT molecular complexity index is 567. The molecular weight excluding hydrogens is 250 g/mol. The molecule has 0 saturated carbocycles. The van der Waals surface area contributed by atoms with Gasteiger partial charge in [-0.3, -0.25) is 4.40 Å². The Kier molecular flexibility index (Phi) is 4.32. The molecule has 0 aliphatic carbocycles. The number of aromatic carboxylic acids is 1. The maximum Gasteiger partial charge on any atom is 0.356 e. The third kappa shape index (κ3) is 3.01. The molecule has 0 unspecified atom stereocenters. The Morgan fingerprint density at radius 2 is 2.26 bits per heavy atom. The van der Waals surface area contributed by atoms with Crippen LogP contribution in [0, 0.1) is 0 Å². The van der Waals surface area contributed by atoms with Crippen molar-refractivity contribution >= 4 is 17.4 Å². The van der Waals surface area contributed by atoms with Crippen LogP contribution in [-0.4, -0.2) is 51.9 Å². The molecule has 2 aromatic rings. The zero-order valence-electron chi connectivity index (χ0n) is 10.2. The van der Waals surface area contributed by atoms with Crippen molar-refractivity contribution in [2.75, 3.05) is 31.7 Å². The Balaban J connectivity index is 2.13. The summed E-state index contributed by atoms with van der Waals surface area (Å²) in [6, 6.07) is 5.28. The molecule has 2 rings (SSSR count). The first-order valence-corrected chi connectivity index (χ1v) is 5.87. The van der Waals surface area contributed by atoms with Crippen LogP contribution in [-0.2, 0) is 4.74 Å². The summed E-state index contributed by atoms with van der Waals surface area (Å²) < 4.78 is 6.60. The molecule has 0 amide bonds. The number of anilines is 1. The third-order valence-corrected chi connectivity index (χ3v) is 2.51. The van der Waals surface area contributed by atoms with Crippen molar-refractivity contribution < 1.29 is 19.7 Å². The molecule has 0 spiro atoms. The Labute approximate surface area is 109 Å². The third-order valence-electron chi connectivity index (χ3n) is 2.51. The average molecular weight is 265 g/mol. The largest absolute Gasteiger partial charge is 0.476 e. The van der Waals surface area contributed by atoms with Crippen LogP contribution in [0.5, 0.6) is 0 Å². The van der Waals surface area contributed by atoms with Gasteiger partial charge in [0, 0.05) is 12.7 Å². The molecule has 102 valence electrons. The van der Waals surface area contributed by atoms with E-state index in [0.717, 1.165) is 0 Å². The van der Waals surface area contributed by atoms with E-state index in [0.29, 0.717) is 24.6 Å². The van der Waals surface area contributed by atoms with Crippen molar-refractivity contribution in [3.05, 3.63) is 30.1 Å². The first kappa shape index (κ1) is 13.3. The highest BCUT2D eigenvalue weighted by atomic mass is 16.5. The van der Waals surface area contributed by atoms with E-state index in [9.17, 15) is 9.90 Å². The van der Waals surface area contributed by atoms with Gasteiger partial charge in [0.25, 0.3) is 0 Å². The highest BCUT2D eigenvalue weighted by Crippen LogP contribution is 2.17. The second-order valence-electron chi connectivity index (χ2n) is 3.81. The summed E-state index contributed by atoms with van der Waals surface area (Å²) in [6.07, 6.45) is 1.65. The van der Waals surface area contributed by atoms with Crippen LogP contribution in [0.4, 0.5) is 5.82 Å². The number of fused-ring (bicyclic) bond motifs is 1. The van der Waals surface area contributed by atoms with Gasteiger partial charge in [-0.2, -0.15) is 0 Å². The molecule has 0 bridgehead atoms. The zero-order valence-corrected chi connectivity index (χ0v) is 10.2. The summed E-state index contributed by atoms with van der Waals surface area (Å²) >= 11 is 0. The Morgan fingerprint density at radius 3 is 3.00 bits per heavy atom. The summed E-state index contributed by atoms with van der Waals surface area (Å²) in [5, 5.41) is 20.7. The van der Waals surface area contributed by atoms with Gasteiger partial charge in [0.05, 0.1) is 19.8 Å². The quantitative estimate of drug-likeness (QED) is 0.629. The van der Waals surface area contributed by atoms with Gasteiger partial charge in [0.2, 0.25) is 0 Å². The second-order valence-corrected chi connectivity index (χ2v) is 3.81. The lowest BCUT2D eigenvalue weighted by atomic mass is 10.4. The van der Waals surface area contributed by atoms with Crippen molar-refractivity contribution in [2.24, 2.45) is 0 Å². The summed E-state index contributed by atoms with van der Waals surface area (Å²) in [4.78, 5) is 15.5. The number of nitrogens with one attached hydrogen (secondary N) is 1. The number of aromatic nitrogens is 2. The van der Waals surface area contributed by atoms with Gasteiger partial charge >= 0.3 is 5.97 Å². The van der Waals surface area contributed by atoms with Crippen LogP contribution in [0.25, 0.3) is 5.65 Å². The van der Waals surface area contributed by atoms with Gasteiger partial charge in [-0.05, 0) is 12.1 Å². The number of hydrogen-bond acceptors (Lipinski definition) is 5. The molecule has 3 N–H and O–H groups in total. The Hall–Kier alpha value is -2.12. The highest BCUT2D eigenvalue weighted by Gasteiger charge is 2.17. The molecule has 2 aromatic heterocycles. The van der Waals surface area contributed by atoms with Gasteiger partial charge in [-0.15, -0.1) is 0 Å². The number of carbonyl (C=O) groups is 1. The number of hydrogen-bond donors (Lipinski definition) is 3. The van der Waals surface area contributed by atoms with E-state index < -0.39 is 5.97 Å². The van der Waals surface area contributed by atoms with Crippen molar-refractivity contribution in [3.63, 3.8) is 0 Å². The summed E-state index contributed by atoms with van der Waals surface area (Å²) in [7, 11) is 0. The van der Waals surface area contributed by atoms with Crippen LogP contribution in [0.15, 0.2) is 24.4 Å². The number of pyridine rings is 1. The summed E-state index contributed by atoms with van der Waals surface area (Å²) in [6.45, 7) is 1.02. The number of carboxylic acids is 1. The van der Waals surface area contributed by atoms with Crippen LogP contribution >= 0.6 is 0 Å². The minimum atomic E-state index is -1.04. The summed E-state index contributed by atoms with van der Waals surface area (Å²) in [5.74, 6) is -0.733. The molecule has 0 aromatic carbocycles. The fourth-order valence-electron chi connectivity index (χ4n) is 1.73. The maximum absolute atomic E-state index is 11.3. The van der Waals surface area contributed by atoms with Crippen LogP contribution in [0.1, 0.15) is 10.5 Å². The van der Waals surface area contributed by atoms with E-state index in [2.05, 4.69) is 10.3 Å². The number of aliphatic hydroxyl groups excluding tert-OH is 1. The van der Waals surface area contributed by atoms with Gasteiger partial charge in [0.1, 0.15) is 5.65 Å². The van der Waals surface area contributed by atoms with Gasteiger partial charge < -0.3 is 20.3 Å². The van der Waals surface area contributed by atoms with Gasteiger partial charge in [-0.25, -0.2) is 9.78 Å². The van der Waals surface area contributed by atoms with Crippen molar-refractivity contribution in [2.45, 2.75) is 0 Å². The van der Waals surface area contributed by atoms with E-state index in [4.69, 9.17) is 9.84 Å². The lowest BCUT2D eigenvalue weighted by Crippen LogP contribution is -2.14. The number of aliphatic hydroxyl groups is 1. The first-order valence-electron chi connectivity index (χ1n) is 5.87. The molecule has 7 heteroatoms. The average Bonchev–Trinajstić information content (AvgIpc) is 2.76. The molecule has 0 aliphatic heterocycles. The normalized spacial score (nSPS) is 10.8. The van der Waals surface area contributed by atoms with Crippen molar-refractivity contribution in [1.82, 2.24) is 9.38 Å². The maximum atomic E-state index is 11.3. The zero-order chi connectivity index (χ0) is 13.7. The molecule has 0 aliphatic rings. The van der Waals surface area contributed by atoms with Crippen LogP contribution in [0.2, 0.25) is 0 Å². The molecule has 0 fully saturated rings. The van der Waals surface area contributed by atoms with Crippen molar-refractivity contribution in [1.29, 1.82) is 0 Å². The van der Waals surface area contributed by atoms with Crippen LogP contribution < -0.4 is 5.32 Å². The number of rotatable bonds is 7. The van der Waals surface area contributed by atoms with Crippen LogP contribution in [0.3, 0.4) is 0 Å². The van der Waals surface area contributed by atoms with Crippen molar-refractivity contribution in [3.8, 4) is 0 Å². The smallest absolute Gasteiger partial charge is 0.356 e. The lowest BCUT2D eigenvalue weighted by Gasteiger charge is -2.05. The molecule has 0 radical (unpaired) electrons. The molecule has 2 heterocycles. The van der Waals surface area contributed by atoms with Gasteiger partial charge in [-0.1, -0.05) is 6.07 Å². The standard InChI is InChI=1S/C12H15N3O4/c16-6-8-19-7-4-13-11-10(12(17)18)15-5-2-1-3-9(15)14-11/h1-3,5,13,16H,4,6-8H2,(H,17,18). The fourth-order valence-corrected chi connectivity index (χ4v) is 1.73. The molecule has 0 atom stereocenters. The van der Waals surface area contributed by atoms with E-state index >= 15 is 0 Å². The van der Waals surface area contributed by atoms with Gasteiger partial charge in [0.15, 0.2) is 11.5 Å². The number of imidazole rings is 1. The number of nitrogens with zero attached hydrogens (tertiary/aromatic N) is 2. The first-order chi connectivity index (χ1) is 9.24. The monoisotopic (exact) mass is 265 g/mol. The predicted molar refractivity (Wildman–Crippen MR) is 68.5 cm³/mol. The number of carboxylic acid groups (broad SMARTS) is 1. The molecule has 7 nitrogen and oxygen atoms in total. The topological polar surface area (TPSA) is 96.1 Å². The number of ether oxygens (including phenoxy) is 1. The molecule has 0 saturated heterocycles. The minimum Gasteiger partial charge on any atom is -0.476 e. The summed E-state index contributed by atoms with van der Waals surface area (Å²) in [5.41, 5.74) is 0.663. The Morgan fingerprint density at radius 1 is 1.42 bits per heavy atom. The molecular formula is C12H15N3O4. The van der Waals surface area contributed by atoms with E-state index in [-0.39, 0.29) is 18.9 Å². The van der Waals surface area contributed by atoms with E-state index in [1.54, 1.807) is 24.4 Å². The predicted octanol–water partition coefficient (Wildman–Crippen LogP) is 0.453. The highest BCUT2D eigenvalue weighted by molar-refractivity contribution is 5.92. The van der Waals surface area contributed by atoms with E-state index in [1.165, 1.54) is 4.40 Å². The minimum absolute atomic E-state index is 0.0330. The molecule has 19 heavy (non-hydrogen) atoms. The SMILES string of the molecule is O=C(O)c1c(NCCOCCO)nc2ccccn12.